The Kier molecular flexibility index (Phi) is 6.67. The molecule has 1 fully saturated rings. The van der Waals surface area contributed by atoms with Gasteiger partial charge in [-0.3, -0.25) is 4.79 Å². The summed E-state index contributed by atoms with van der Waals surface area (Å²) in [5.74, 6) is 0.308. The van der Waals surface area contributed by atoms with Crippen molar-refractivity contribution in [1.82, 2.24) is 19.0 Å². The summed E-state index contributed by atoms with van der Waals surface area (Å²) < 4.78 is 29.4. The highest BCUT2D eigenvalue weighted by molar-refractivity contribution is 7.89. The molecule has 0 N–H and O–H groups in total. The van der Waals surface area contributed by atoms with Crippen molar-refractivity contribution in [2.75, 3.05) is 26.2 Å². The van der Waals surface area contributed by atoms with Crippen molar-refractivity contribution in [2.24, 2.45) is 0 Å². The molecule has 4 rings (SSSR count). The molecule has 0 radical (unpaired) electrons. The van der Waals surface area contributed by atoms with Crippen LogP contribution in [0.15, 0.2) is 65.7 Å². The summed E-state index contributed by atoms with van der Waals surface area (Å²) in [6.45, 7) is 7.51. The number of amides is 1. The second-order valence-electron chi connectivity index (χ2n) is 8.51. The first-order valence-electron chi connectivity index (χ1n) is 11.3. The summed E-state index contributed by atoms with van der Waals surface area (Å²) in [5, 5.41) is 4.28. The third kappa shape index (κ3) is 4.72. The predicted octanol–water partition coefficient (Wildman–Crippen LogP) is 3.84. The van der Waals surface area contributed by atoms with Gasteiger partial charge >= 0.3 is 0 Å². The largest absolute Gasteiger partial charge is 0.336 e. The molecular weight excluding hydrogens is 436 g/mol. The molecule has 1 amide bonds. The van der Waals surface area contributed by atoms with Crippen molar-refractivity contribution in [3.63, 3.8) is 0 Å². The molecule has 1 saturated heterocycles. The molecular formula is C25H30N4O3S. The molecule has 1 aliphatic heterocycles. The first-order chi connectivity index (χ1) is 15.8. The molecule has 8 heteroatoms. The Balaban J connectivity index is 1.40. The molecule has 1 aromatic heterocycles. The minimum absolute atomic E-state index is 0.0892. The Morgan fingerprint density at radius 1 is 0.970 bits per heavy atom. The number of carbonyl (C=O) groups is 1. The van der Waals surface area contributed by atoms with Gasteiger partial charge in [0.05, 0.1) is 10.6 Å². The molecule has 1 aliphatic rings. The second kappa shape index (κ2) is 9.49. The highest BCUT2D eigenvalue weighted by Crippen LogP contribution is 2.23. The van der Waals surface area contributed by atoms with Crippen LogP contribution >= 0.6 is 0 Å². The lowest BCUT2D eigenvalue weighted by molar-refractivity contribution is 0.0698. The van der Waals surface area contributed by atoms with Gasteiger partial charge in [-0.1, -0.05) is 26.0 Å². The SMILES string of the molecule is CC[C@@H](C)c1ccc(S(=O)(=O)N2CCN(C(=O)c3ccc(-n4nccc4C)cc3)CC2)cc1. The molecule has 3 aromatic rings. The van der Waals surface area contributed by atoms with Gasteiger partial charge in [0, 0.05) is 43.6 Å². The van der Waals surface area contributed by atoms with E-state index in [1.165, 1.54) is 4.31 Å². The minimum Gasteiger partial charge on any atom is -0.336 e. The van der Waals surface area contributed by atoms with Gasteiger partial charge in [0.15, 0.2) is 0 Å². The summed E-state index contributed by atoms with van der Waals surface area (Å²) in [4.78, 5) is 15.0. The van der Waals surface area contributed by atoms with Crippen molar-refractivity contribution in [3.05, 3.63) is 77.6 Å². The summed E-state index contributed by atoms with van der Waals surface area (Å²) in [5.41, 5.74) is 3.63. The number of benzene rings is 2. The molecule has 1 atom stereocenters. The molecule has 0 aliphatic carbocycles. The van der Waals surface area contributed by atoms with Crippen LogP contribution in [0.4, 0.5) is 0 Å². The van der Waals surface area contributed by atoms with E-state index >= 15 is 0 Å². The number of hydrogen-bond donors (Lipinski definition) is 0. The fourth-order valence-electron chi connectivity index (χ4n) is 4.05. The van der Waals surface area contributed by atoms with Gasteiger partial charge in [-0.05, 0) is 67.3 Å². The lowest BCUT2D eigenvalue weighted by Crippen LogP contribution is -2.50. The van der Waals surface area contributed by atoms with Crippen LogP contribution in [0.5, 0.6) is 0 Å². The molecule has 0 bridgehead atoms. The first-order valence-corrected chi connectivity index (χ1v) is 12.8. The van der Waals surface area contributed by atoms with Gasteiger partial charge < -0.3 is 4.90 Å². The molecule has 7 nitrogen and oxygen atoms in total. The minimum atomic E-state index is -3.57. The van der Waals surface area contributed by atoms with E-state index in [1.54, 1.807) is 35.4 Å². The number of carbonyl (C=O) groups excluding carboxylic acids is 1. The highest BCUT2D eigenvalue weighted by Gasteiger charge is 2.30. The fourth-order valence-corrected chi connectivity index (χ4v) is 5.47. The van der Waals surface area contributed by atoms with E-state index in [2.05, 4.69) is 18.9 Å². The normalized spacial score (nSPS) is 16.0. The van der Waals surface area contributed by atoms with Crippen LogP contribution in [0.3, 0.4) is 0 Å². The Bertz CT molecular complexity index is 1210. The van der Waals surface area contributed by atoms with Gasteiger partial charge in [-0.2, -0.15) is 9.40 Å². The third-order valence-electron chi connectivity index (χ3n) is 6.42. The summed E-state index contributed by atoms with van der Waals surface area (Å²) in [6, 6.07) is 16.4. The molecule has 0 saturated carbocycles. The van der Waals surface area contributed by atoms with E-state index in [1.807, 2.05) is 41.9 Å². The second-order valence-corrected chi connectivity index (χ2v) is 10.4. The molecule has 2 aromatic carbocycles. The van der Waals surface area contributed by atoms with E-state index in [0.717, 1.165) is 23.4 Å². The van der Waals surface area contributed by atoms with Gasteiger partial charge in [-0.25, -0.2) is 13.1 Å². The van der Waals surface area contributed by atoms with Crippen LogP contribution < -0.4 is 0 Å². The monoisotopic (exact) mass is 466 g/mol. The van der Waals surface area contributed by atoms with Crippen molar-refractivity contribution in [2.45, 2.75) is 38.0 Å². The van der Waals surface area contributed by atoms with Gasteiger partial charge in [-0.15, -0.1) is 0 Å². The third-order valence-corrected chi connectivity index (χ3v) is 8.33. The number of piperazine rings is 1. The lowest BCUT2D eigenvalue weighted by atomic mass is 9.99. The quantitative estimate of drug-likeness (QED) is 0.553. The van der Waals surface area contributed by atoms with Crippen LogP contribution in [0.25, 0.3) is 5.69 Å². The number of nitrogens with zero attached hydrogens (tertiary/aromatic N) is 4. The Morgan fingerprint density at radius 2 is 1.61 bits per heavy atom. The van der Waals surface area contributed by atoms with E-state index in [4.69, 9.17) is 0 Å². The van der Waals surface area contributed by atoms with E-state index in [-0.39, 0.29) is 19.0 Å². The summed E-state index contributed by atoms with van der Waals surface area (Å²) in [6.07, 6.45) is 2.75. The van der Waals surface area contributed by atoms with Crippen molar-refractivity contribution < 1.29 is 13.2 Å². The number of sulfonamides is 1. The maximum Gasteiger partial charge on any atom is 0.253 e. The van der Waals surface area contributed by atoms with Crippen molar-refractivity contribution in [1.29, 1.82) is 0 Å². The standard InChI is InChI=1S/C25H30N4O3S/c1-4-19(2)21-7-11-24(12-8-21)33(31,32)28-17-15-27(16-18-28)25(30)22-5-9-23(10-6-22)29-20(3)13-14-26-29/h5-14,19H,4,15-18H2,1-3H3/t19-/m1/s1. The van der Waals surface area contributed by atoms with Crippen molar-refractivity contribution in [3.8, 4) is 5.69 Å². The van der Waals surface area contributed by atoms with Crippen LogP contribution in [-0.4, -0.2) is 59.5 Å². The molecule has 0 unspecified atom stereocenters. The van der Waals surface area contributed by atoms with E-state index in [9.17, 15) is 13.2 Å². The summed E-state index contributed by atoms with van der Waals surface area (Å²) in [7, 11) is -3.57. The Morgan fingerprint density at radius 3 is 2.15 bits per heavy atom. The average molecular weight is 467 g/mol. The Labute approximate surface area is 195 Å². The maximum atomic E-state index is 13.1. The maximum absolute atomic E-state index is 13.1. The Hall–Kier alpha value is -2.97. The first kappa shape index (κ1) is 23.2. The number of aromatic nitrogens is 2. The topological polar surface area (TPSA) is 75.5 Å². The number of rotatable bonds is 6. The van der Waals surface area contributed by atoms with Crippen LogP contribution in [-0.2, 0) is 10.0 Å². The number of hydrogen-bond acceptors (Lipinski definition) is 4. The van der Waals surface area contributed by atoms with Gasteiger partial charge in [0.2, 0.25) is 10.0 Å². The zero-order valence-electron chi connectivity index (χ0n) is 19.3. The average Bonchev–Trinajstić information content (AvgIpc) is 3.29. The summed E-state index contributed by atoms with van der Waals surface area (Å²) >= 11 is 0. The van der Waals surface area contributed by atoms with Crippen molar-refractivity contribution >= 4 is 15.9 Å². The van der Waals surface area contributed by atoms with Crippen LogP contribution in [0.1, 0.15) is 47.8 Å². The smallest absolute Gasteiger partial charge is 0.253 e. The highest BCUT2D eigenvalue weighted by atomic mass is 32.2. The molecule has 33 heavy (non-hydrogen) atoms. The van der Waals surface area contributed by atoms with Crippen LogP contribution in [0, 0.1) is 6.92 Å². The number of aryl methyl sites for hydroxylation is 1. The zero-order valence-corrected chi connectivity index (χ0v) is 20.1. The fraction of sp³-hybridized carbons (Fsp3) is 0.360. The van der Waals surface area contributed by atoms with Gasteiger partial charge in [0.25, 0.3) is 5.91 Å². The molecule has 174 valence electrons. The van der Waals surface area contributed by atoms with E-state index < -0.39 is 10.0 Å². The van der Waals surface area contributed by atoms with Gasteiger partial charge in [0.1, 0.15) is 0 Å². The lowest BCUT2D eigenvalue weighted by Gasteiger charge is -2.34. The predicted molar refractivity (Wildman–Crippen MR) is 128 cm³/mol. The van der Waals surface area contributed by atoms with Crippen LogP contribution in [0.2, 0.25) is 0 Å². The van der Waals surface area contributed by atoms with E-state index in [0.29, 0.717) is 29.5 Å². The zero-order chi connectivity index (χ0) is 23.6. The molecule has 2 heterocycles. The molecule has 0 spiro atoms.